The number of fused-ring (bicyclic) bond motifs is 1. The maximum Gasteiger partial charge on any atom is 0.237 e. The van der Waals surface area contributed by atoms with Crippen molar-refractivity contribution in [2.24, 2.45) is 11.8 Å². The number of carbonyl (C=O) groups is 2. The minimum Gasteiger partial charge on any atom is -0.399 e. The first kappa shape index (κ1) is 9.84. The van der Waals surface area contributed by atoms with Crippen molar-refractivity contribution in [1.29, 1.82) is 0 Å². The number of nitrogen functional groups attached to an aromatic ring is 1. The third-order valence-corrected chi connectivity index (χ3v) is 3.75. The van der Waals surface area contributed by atoms with Gasteiger partial charge in [-0.15, -0.1) is 0 Å². The summed E-state index contributed by atoms with van der Waals surface area (Å²) in [6.45, 7) is 0. The molecule has 0 aromatic heterocycles. The van der Waals surface area contributed by atoms with Gasteiger partial charge in [-0.05, 0) is 40.5 Å². The van der Waals surface area contributed by atoms with Crippen LogP contribution in [-0.4, -0.2) is 11.8 Å². The standard InChI is InChI=1S/C11H9BrN2O2/c12-8-2-1-5(13)3-9(8)14-10(15)6-4-7(6)11(14)16/h1-3,6-7H,4,13H2. The van der Waals surface area contributed by atoms with E-state index >= 15 is 0 Å². The Morgan fingerprint density at radius 1 is 1.25 bits per heavy atom. The molecule has 2 atom stereocenters. The number of piperidine rings is 1. The zero-order valence-corrected chi connectivity index (χ0v) is 9.90. The van der Waals surface area contributed by atoms with Gasteiger partial charge < -0.3 is 5.73 Å². The van der Waals surface area contributed by atoms with Gasteiger partial charge in [-0.2, -0.15) is 0 Å². The summed E-state index contributed by atoms with van der Waals surface area (Å²) in [4.78, 5) is 25.0. The van der Waals surface area contributed by atoms with Crippen LogP contribution in [-0.2, 0) is 9.59 Å². The Bertz CT molecular complexity index is 495. The lowest BCUT2D eigenvalue weighted by Gasteiger charge is -2.18. The lowest BCUT2D eigenvalue weighted by molar-refractivity contribution is -0.123. The van der Waals surface area contributed by atoms with Crippen LogP contribution in [0.3, 0.4) is 0 Å². The second kappa shape index (κ2) is 3.07. The Balaban J connectivity index is 2.07. The monoisotopic (exact) mass is 280 g/mol. The minimum absolute atomic E-state index is 0.0826. The summed E-state index contributed by atoms with van der Waals surface area (Å²) in [5, 5.41) is 0. The van der Waals surface area contributed by atoms with Crippen LogP contribution >= 0.6 is 15.9 Å². The quantitative estimate of drug-likeness (QED) is 0.627. The van der Waals surface area contributed by atoms with Crippen LogP contribution in [0.5, 0.6) is 0 Å². The lowest BCUT2D eigenvalue weighted by atomic mass is 10.2. The van der Waals surface area contributed by atoms with E-state index in [9.17, 15) is 9.59 Å². The van der Waals surface area contributed by atoms with Gasteiger partial charge in [-0.25, -0.2) is 4.90 Å². The van der Waals surface area contributed by atoms with Crippen LogP contribution in [0.2, 0.25) is 0 Å². The van der Waals surface area contributed by atoms with Crippen molar-refractivity contribution in [3.63, 3.8) is 0 Å². The van der Waals surface area contributed by atoms with E-state index < -0.39 is 0 Å². The lowest BCUT2D eigenvalue weighted by Crippen LogP contribution is -2.33. The molecule has 2 unspecified atom stereocenters. The SMILES string of the molecule is Nc1ccc(Br)c(N2C(=O)C3CC3C2=O)c1. The molecule has 1 aliphatic heterocycles. The number of anilines is 2. The summed E-state index contributed by atoms with van der Waals surface area (Å²) in [7, 11) is 0. The summed E-state index contributed by atoms with van der Waals surface area (Å²) in [6.07, 6.45) is 0.716. The predicted molar refractivity (Wildman–Crippen MR) is 62.6 cm³/mol. The molecule has 0 radical (unpaired) electrons. The summed E-state index contributed by atoms with van der Waals surface area (Å²) in [5.41, 5.74) is 6.76. The van der Waals surface area contributed by atoms with Crippen LogP contribution in [0.1, 0.15) is 6.42 Å². The Labute approximate surface area is 101 Å². The van der Waals surface area contributed by atoms with E-state index in [1.807, 2.05) is 0 Å². The van der Waals surface area contributed by atoms with Crippen molar-refractivity contribution in [1.82, 2.24) is 0 Å². The third kappa shape index (κ3) is 1.21. The van der Waals surface area contributed by atoms with E-state index in [1.54, 1.807) is 18.2 Å². The number of hydrogen-bond acceptors (Lipinski definition) is 3. The van der Waals surface area contributed by atoms with Gasteiger partial charge in [0.1, 0.15) is 0 Å². The second-order valence-corrected chi connectivity index (χ2v) is 5.03. The molecule has 1 saturated carbocycles. The number of imide groups is 1. The molecule has 2 fully saturated rings. The molecule has 82 valence electrons. The number of halogens is 1. The fourth-order valence-corrected chi connectivity index (χ4v) is 2.54. The first-order valence-corrected chi connectivity index (χ1v) is 5.81. The molecular formula is C11H9BrN2O2. The number of nitrogens with two attached hydrogens (primary N) is 1. The van der Waals surface area contributed by atoms with Crippen LogP contribution in [0.25, 0.3) is 0 Å². The van der Waals surface area contributed by atoms with Crippen molar-refractivity contribution in [3.8, 4) is 0 Å². The molecule has 4 nitrogen and oxygen atoms in total. The highest BCUT2D eigenvalue weighted by Crippen LogP contribution is 2.49. The smallest absolute Gasteiger partial charge is 0.237 e. The molecule has 0 bridgehead atoms. The van der Waals surface area contributed by atoms with Gasteiger partial charge in [0, 0.05) is 10.2 Å². The molecule has 1 aromatic rings. The summed E-state index contributed by atoms with van der Waals surface area (Å²) < 4.78 is 0.713. The van der Waals surface area contributed by atoms with Gasteiger partial charge >= 0.3 is 0 Å². The maximum atomic E-state index is 11.9. The molecule has 2 aliphatic rings. The minimum atomic E-state index is -0.0960. The highest BCUT2D eigenvalue weighted by molar-refractivity contribution is 9.10. The number of benzene rings is 1. The molecule has 2 N–H and O–H groups in total. The summed E-state index contributed by atoms with van der Waals surface area (Å²) in [5.74, 6) is -0.357. The molecule has 5 heteroatoms. The largest absolute Gasteiger partial charge is 0.399 e. The number of nitrogens with zero attached hydrogens (tertiary/aromatic N) is 1. The highest BCUT2D eigenvalue weighted by Gasteiger charge is 2.59. The van der Waals surface area contributed by atoms with E-state index in [-0.39, 0.29) is 23.7 Å². The zero-order chi connectivity index (χ0) is 11.4. The molecule has 1 aromatic carbocycles. The zero-order valence-electron chi connectivity index (χ0n) is 8.31. The van der Waals surface area contributed by atoms with Gasteiger partial charge in [0.2, 0.25) is 11.8 Å². The third-order valence-electron chi connectivity index (χ3n) is 3.08. The van der Waals surface area contributed by atoms with E-state index in [2.05, 4.69) is 15.9 Å². The van der Waals surface area contributed by atoms with Crippen LogP contribution in [0.15, 0.2) is 22.7 Å². The normalized spacial score (nSPS) is 27.2. The molecule has 2 amide bonds. The van der Waals surface area contributed by atoms with Crippen molar-refractivity contribution < 1.29 is 9.59 Å². The van der Waals surface area contributed by atoms with Crippen LogP contribution < -0.4 is 10.6 Å². The number of hydrogen-bond donors (Lipinski definition) is 1. The topological polar surface area (TPSA) is 63.4 Å². The van der Waals surface area contributed by atoms with Crippen molar-refractivity contribution in [2.45, 2.75) is 6.42 Å². The molecule has 16 heavy (non-hydrogen) atoms. The summed E-state index contributed by atoms with van der Waals surface area (Å²) >= 11 is 3.33. The number of carbonyl (C=O) groups excluding carboxylic acids is 2. The fourth-order valence-electron chi connectivity index (χ4n) is 2.12. The van der Waals surface area contributed by atoms with E-state index in [0.717, 1.165) is 0 Å². The van der Waals surface area contributed by atoms with Crippen LogP contribution in [0.4, 0.5) is 11.4 Å². The predicted octanol–water partition coefficient (Wildman–Crippen LogP) is 1.54. The highest BCUT2D eigenvalue weighted by atomic mass is 79.9. The number of rotatable bonds is 1. The fraction of sp³-hybridized carbons (Fsp3) is 0.273. The van der Waals surface area contributed by atoms with Gasteiger partial charge in [-0.3, -0.25) is 9.59 Å². The second-order valence-electron chi connectivity index (χ2n) is 4.17. The number of amides is 2. The van der Waals surface area contributed by atoms with Crippen LogP contribution in [0, 0.1) is 11.8 Å². The Morgan fingerprint density at radius 3 is 2.50 bits per heavy atom. The molecule has 3 rings (SSSR count). The van der Waals surface area contributed by atoms with E-state index in [4.69, 9.17) is 5.73 Å². The van der Waals surface area contributed by atoms with Crippen molar-refractivity contribution in [2.75, 3.05) is 10.6 Å². The average Bonchev–Trinajstić information content (AvgIpc) is 2.98. The Hall–Kier alpha value is -1.36. The van der Waals surface area contributed by atoms with Crippen molar-refractivity contribution in [3.05, 3.63) is 22.7 Å². The van der Waals surface area contributed by atoms with Gasteiger partial charge in [-0.1, -0.05) is 0 Å². The molecule has 1 heterocycles. The van der Waals surface area contributed by atoms with Gasteiger partial charge in [0.15, 0.2) is 0 Å². The van der Waals surface area contributed by atoms with Gasteiger partial charge in [0.05, 0.1) is 17.5 Å². The Morgan fingerprint density at radius 2 is 1.88 bits per heavy atom. The Kier molecular flexibility index (Phi) is 1.89. The van der Waals surface area contributed by atoms with Gasteiger partial charge in [0.25, 0.3) is 0 Å². The molecule has 1 aliphatic carbocycles. The average molecular weight is 281 g/mol. The first-order valence-electron chi connectivity index (χ1n) is 5.02. The van der Waals surface area contributed by atoms with Crippen molar-refractivity contribution >= 4 is 39.1 Å². The van der Waals surface area contributed by atoms with E-state index in [1.165, 1.54) is 4.90 Å². The first-order chi connectivity index (χ1) is 7.59. The maximum absolute atomic E-state index is 11.9. The summed E-state index contributed by atoms with van der Waals surface area (Å²) in [6, 6.07) is 5.11. The molecule has 1 saturated heterocycles. The van der Waals surface area contributed by atoms with E-state index in [0.29, 0.717) is 22.3 Å². The molecular weight excluding hydrogens is 272 g/mol. The molecule has 0 spiro atoms.